The Morgan fingerprint density at radius 1 is 1.18 bits per heavy atom. The lowest BCUT2D eigenvalue weighted by molar-refractivity contribution is 0.0597. The third-order valence-electron chi connectivity index (χ3n) is 2.16. The zero-order chi connectivity index (χ0) is 12.1. The molecule has 86 valence electrons. The first-order valence-electron chi connectivity index (χ1n) is 5.06. The Labute approximate surface area is 98.8 Å². The van der Waals surface area contributed by atoms with Crippen molar-refractivity contribution in [2.24, 2.45) is 0 Å². The first-order valence-corrected chi connectivity index (χ1v) is 5.06. The normalized spacial score (nSPS) is 9.71. The van der Waals surface area contributed by atoms with Crippen LogP contribution in [0, 0.1) is 0 Å². The Kier molecular flexibility index (Phi) is 3.35. The van der Waals surface area contributed by atoms with Crippen molar-refractivity contribution in [1.29, 1.82) is 0 Å². The molecule has 0 unspecified atom stereocenters. The molecule has 0 aliphatic heterocycles. The molecular weight excluding hydrogens is 218 g/mol. The van der Waals surface area contributed by atoms with Crippen molar-refractivity contribution < 1.29 is 14.3 Å². The second-order valence-corrected chi connectivity index (χ2v) is 3.28. The summed E-state index contributed by atoms with van der Waals surface area (Å²) in [5.74, 6) is 0.578. The van der Waals surface area contributed by atoms with E-state index in [1.807, 2.05) is 18.2 Å². The minimum Gasteiger partial charge on any atom is -0.465 e. The zero-order valence-electron chi connectivity index (χ0n) is 9.29. The van der Waals surface area contributed by atoms with Crippen molar-refractivity contribution >= 4 is 5.97 Å². The van der Waals surface area contributed by atoms with Gasteiger partial charge in [-0.15, -0.1) is 0 Å². The summed E-state index contributed by atoms with van der Waals surface area (Å²) in [6.45, 7) is 0. The van der Waals surface area contributed by atoms with Gasteiger partial charge in [-0.3, -0.25) is 4.98 Å². The van der Waals surface area contributed by atoms with Crippen LogP contribution in [0.1, 0.15) is 10.4 Å². The van der Waals surface area contributed by atoms with E-state index in [1.54, 1.807) is 18.2 Å². The highest BCUT2D eigenvalue weighted by Crippen LogP contribution is 2.24. The second kappa shape index (κ2) is 5.12. The molecule has 1 heterocycles. The average molecular weight is 229 g/mol. The Hall–Kier alpha value is -2.36. The largest absolute Gasteiger partial charge is 0.465 e. The lowest BCUT2D eigenvalue weighted by atomic mass is 10.2. The molecule has 0 N–H and O–H groups in total. The van der Waals surface area contributed by atoms with E-state index in [9.17, 15) is 4.79 Å². The number of hydrogen-bond acceptors (Lipinski definition) is 4. The van der Waals surface area contributed by atoms with Crippen molar-refractivity contribution in [3.8, 4) is 11.5 Å². The molecule has 0 saturated heterocycles. The van der Waals surface area contributed by atoms with Gasteiger partial charge in [-0.05, 0) is 18.2 Å². The molecule has 0 atom stereocenters. The number of rotatable bonds is 3. The van der Waals surface area contributed by atoms with Gasteiger partial charge in [0, 0.05) is 6.20 Å². The molecule has 0 radical (unpaired) electrons. The van der Waals surface area contributed by atoms with E-state index in [0.29, 0.717) is 17.1 Å². The van der Waals surface area contributed by atoms with Gasteiger partial charge in [0.2, 0.25) is 0 Å². The van der Waals surface area contributed by atoms with Crippen molar-refractivity contribution in [2.75, 3.05) is 7.11 Å². The van der Waals surface area contributed by atoms with E-state index in [2.05, 4.69) is 9.72 Å². The summed E-state index contributed by atoms with van der Waals surface area (Å²) in [5, 5.41) is 0. The van der Waals surface area contributed by atoms with Crippen molar-refractivity contribution in [3.05, 3.63) is 54.4 Å². The molecule has 1 aromatic heterocycles. The molecule has 17 heavy (non-hydrogen) atoms. The average Bonchev–Trinajstić information content (AvgIpc) is 2.40. The number of benzene rings is 1. The van der Waals surface area contributed by atoms with Crippen LogP contribution >= 0.6 is 0 Å². The number of pyridine rings is 1. The predicted octanol–water partition coefficient (Wildman–Crippen LogP) is 2.66. The summed E-state index contributed by atoms with van der Waals surface area (Å²) in [6.07, 6.45) is 3.00. The summed E-state index contributed by atoms with van der Waals surface area (Å²) in [7, 11) is 1.33. The summed E-state index contributed by atoms with van der Waals surface area (Å²) >= 11 is 0. The van der Waals surface area contributed by atoms with Gasteiger partial charge in [0.15, 0.2) is 5.75 Å². The lowest BCUT2D eigenvalue weighted by Crippen LogP contribution is -2.03. The number of aromatic nitrogens is 1. The fourth-order valence-electron chi connectivity index (χ4n) is 1.36. The van der Waals surface area contributed by atoms with Gasteiger partial charge in [-0.2, -0.15) is 0 Å². The molecule has 4 nitrogen and oxygen atoms in total. The van der Waals surface area contributed by atoms with Crippen LogP contribution in [0.15, 0.2) is 48.8 Å². The molecule has 0 spiro atoms. The van der Waals surface area contributed by atoms with Gasteiger partial charge < -0.3 is 9.47 Å². The fraction of sp³-hybridized carbons (Fsp3) is 0.0769. The van der Waals surface area contributed by atoms with Crippen LogP contribution < -0.4 is 4.74 Å². The third-order valence-corrected chi connectivity index (χ3v) is 2.16. The van der Waals surface area contributed by atoms with Gasteiger partial charge in [0.05, 0.1) is 13.3 Å². The predicted molar refractivity (Wildman–Crippen MR) is 62.1 cm³/mol. The van der Waals surface area contributed by atoms with E-state index in [1.165, 1.54) is 19.5 Å². The van der Waals surface area contributed by atoms with Gasteiger partial charge >= 0.3 is 5.97 Å². The summed E-state index contributed by atoms with van der Waals surface area (Å²) in [4.78, 5) is 15.4. The Bertz CT molecular complexity index is 511. The quantitative estimate of drug-likeness (QED) is 0.759. The number of carbonyl (C=O) groups excluding carboxylic acids is 1. The highest BCUT2D eigenvalue weighted by Gasteiger charge is 2.13. The highest BCUT2D eigenvalue weighted by atomic mass is 16.5. The first kappa shape index (κ1) is 11.1. The summed E-state index contributed by atoms with van der Waals surface area (Å²) < 4.78 is 10.2. The molecule has 2 aromatic rings. The van der Waals surface area contributed by atoms with Crippen LogP contribution in [0.3, 0.4) is 0 Å². The number of carbonyl (C=O) groups is 1. The van der Waals surface area contributed by atoms with Crippen LogP contribution in [0.4, 0.5) is 0 Å². The summed E-state index contributed by atoms with van der Waals surface area (Å²) in [5.41, 5.74) is 0.353. The number of para-hydroxylation sites is 1. The fourth-order valence-corrected chi connectivity index (χ4v) is 1.36. The number of nitrogens with zero attached hydrogens (tertiary/aromatic N) is 1. The molecule has 4 heteroatoms. The lowest BCUT2D eigenvalue weighted by Gasteiger charge is -2.08. The number of esters is 1. The van der Waals surface area contributed by atoms with E-state index >= 15 is 0 Å². The minimum absolute atomic E-state index is 0.353. The van der Waals surface area contributed by atoms with Crippen LogP contribution in [0.25, 0.3) is 0 Å². The van der Waals surface area contributed by atoms with Crippen molar-refractivity contribution in [2.45, 2.75) is 0 Å². The number of methoxy groups -OCH3 is 1. The van der Waals surface area contributed by atoms with Gasteiger partial charge in [-0.25, -0.2) is 4.79 Å². The molecule has 0 amide bonds. The summed E-state index contributed by atoms with van der Waals surface area (Å²) in [6, 6.07) is 10.7. The maximum absolute atomic E-state index is 11.5. The first-order chi connectivity index (χ1) is 8.31. The second-order valence-electron chi connectivity index (χ2n) is 3.28. The maximum Gasteiger partial charge on any atom is 0.341 e. The van der Waals surface area contributed by atoms with Crippen LogP contribution in [0.5, 0.6) is 11.5 Å². The van der Waals surface area contributed by atoms with Crippen LogP contribution in [0.2, 0.25) is 0 Å². The van der Waals surface area contributed by atoms with Gasteiger partial charge in [-0.1, -0.05) is 18.2 Å². The topological polar surface area (TPSA) is 48.4 Å². The molecule has 1 aromatic carbocycles. The van der Waals surface area contributed by atoms with E-state index in [-0.39, 0.29) is 0 Å². The molecule has 0 aliphatic carbocycles. The monoisotopic (exact) mass is 229 g/mol. The SMILES string of the molecule is COC(=O)c1ccncc1Oc1ccccc1. The molecule has 0 fully saturated rings. The standard InChI is InChI=1S/C13H11NO3/c1-16-13(15)11-7-8-14-9-12(11)17-10-5-3-2-4-6-10/h2-9H,1H3. The van der Waals surface area contributed by atoms with Gasteiger partial charge in [0.1, 0.15) is 11.3 Å². The number of hydrogen-bond donors (Lipinski definition) is 0. The molecule has 2 rings (SSSR count). The molecule has 0 bridgehead atoms. The van der Waals surface area contributed by atoms with E-state index in [0.717, 1.165) is 0 Å². The molecule has 0 saturated carbocycles. The molecule has 0 aliphatic rings. The Morgan fingerprint density at radius 3 is 2.65 bits per heavy atom. The minimum atomic E-state index is -0.446. The Balaban J connectivity index is 2.30. The smallest absolute Gasteiger partial charge is 0.341 e. The van der Waals surface area contributed by atoms with Crippen LogP contribution in [-0.4, -0.2) is 18.1 Å². The highest BCUT2D eigenvalue weighted by molar-refractivity contribution is 5.92. The third kappa shape index (κ3) is 2.60. The van der Waals surface area contributed by atoms with Crippen molar-refractivity contribution in [3.63, 3.8) is 0 Å². The Morgan fingerprint density at radius 2 is 1.94 bits per heavy atom. The van der Waals surface area contributed by atoms with E-state index < -0.39 is 5.97 Å². The maximum atomic E-state index is 11.5. The number of ether oxygens (including phenoxy) is 2. The van der Waals surface area contributed by atoms with Gasteiger partial charge in [0.25, 0.3) is 0 Å². The zero-order valence-corrected chi connectivity index (χ0v) is 9.29. The van der Waals surface area contributed by atoms with Crippen molar-refractivity contribution in [1.82, 2.24) is 4.98 Å². The molecular formula is C13H11NO3. The van der Waals surface area contributed by atoms with Crippen LogP contribution in [-0.2, 0) is 4.74 Å². The van der Waals surface area contributed by atoms with E-state index in [4.69, 9.17) is 4.74 Å².